The van der Waals surface area contributed by atoms with Gasteiger partial charge in [0, 0.05) is 5.75 Å². The number of nitrogen functional groups attached to an aromatic ring is 1. The van der Waals surface area contributed by atoms with Crippen molar-refractivity contribution in [2.45, 2.75) is 24.8 Å². The summed E-state index contributed by atoms with van der Waals surface area (Å²) >= 11 is 1.54. The Kier molecular flexibility index (Phi) is 5.48. The van der Waals surface area contributed by atoms with Crippen LogP contribution < -0.4 is 11.3 Å². The molecular weight excluding hydrogens is 380 g/mol. The van der Waals surface area contributed by atoms with Gasteiger partial charge in [-0.15, -0.1) is 10.2 Å². The predicted molar refractivity (Wildman–Crippen MR) is 121 cm³/mol. The number of fused-ring (bicyclic) bond motifs is 1. The van der Waals surface area contributed by atoms with Crippen LogP contribution in [-0.2, 0) is 5.75 Å². The lowest BCUT2D eigenvalue weighted by atomic mass is 10.0. The Morgan fingerprint density at radius 2 is 1.86 bits per heavy atom. The number of nitrogens with two attached hydrogens (primary N) is 1. The number of nitrogens with one attached hydrogen (secondary N) is 1. The van der Waals surface area contributed by atoms with Crippen LogP contribution in [0.5, 0.6) is 0 Å². The van der Waals surface area contributed by atoms with Crippen molar-refractivity contribution in [3.63, 3.8) is 0 Å². The monoisotopic (exact) mass is 402 g/mol. The molecule has 0 saturated carbocycles. The molecule has 0 aliphatic carbocycles. The van der Waals surface area contributed by atoms with Crippen LogP contribution in [0.25, 0.3) is 10.8 Å². The van der Waals surface area contributed by atoms with Crippen LogP contribution >= 0.6 is 11.8 Å². The molecule has 4 rings (SSSR count). The number of aryl methyl sites for hydroxylation is 1. The van der Waals surface area contributed by atoms with E-state index in [1.54, 1.807) is 0 Å². The normalized spacial score (nSPS) is 11.7. The van der Waals surface area contributed by atoms with E-state index in [2.05, 4.69) is 82.2 Å². The van der Waals surface area contributed by atoms with Crippen molar-refractivity contribution in [3.8, 4) is 0 Å². The second kappa shape index (κ2) is 8.36. The largest absolute Gasteiger partial charge is 0.334 e. The standard InChI is InChI=1S/C22H22N6S/c1-15-6-5-7-17(12-15)14-29-22-27-26-21(28(22)23)25-24-16(2)19-11-10-18-8-3-4-9-20(18)13-19/h3-13H,14,23H2,1-2H3,(H,25,26)/b24-16+. The highest BCUT2D eigenvalue weighted by atomic mass is 32.2. The van der Waals surface area contributed by atoms with Gasteiger partial charge in [-0.25, -0.2) is 10.1 Å². The first-order chi connectivity index (χ1) is 14.1. The Morgan fingerprint density at radius 3 is 2.69 bits per heavy atom. The van der Waals surface area contributed by atoms with Gasteiger partial charge in [0.15, 0.2) is 0 Å². The van der Waals surface area contributed by atoms with E-state index in [4.69, 9.17) is 5.84 Å². The summed E-state index contributed by atoms with van der Waals surface area (Å²) in [6.07, 6.45) is 0. The molecule has 4 aromatic rings. The molecule has 146 valence electrons. The molecule has 0 atom stereocenters. The third-order valence-electron chi connectivity index (χ3n) is 4.61. The highest BCUT2D eigenvalue weighted by Gasteiger charge is 2.10. The van der Waals surface area contributed by atoms with Gasteiger partial charge in [-0.05, 0) is 41.8 Å². The Balaban J connectivity index is 1.45. The van der Waals surface area contributed by atoms with Crippen molar-refractivity contribution in [2.75, 3.05) is 11.3 Å². The molecule has 3 aromatic carbocycles. The van der Waals surface area contributed by atoms with Gasteiger partial charge < -0.3 is 5.84 Å². The SMILES string of the molecule is C/C(=N\Nc1nnc(SCc2cccc(C)c2)n1N)c1ccc2ccccc2c1. The van der Waals surface area contributed by atoms with Crippen molar-refractivity contribution in [1.82, 2.24) is 14.9 Å². The van der Waals surface area contributed by atoms with E-state index in [9.17, 15) is 0 Å². The minimum absolute atomic E-state index is 0.400. The summed E-state index contributed by atoms with van der Waals surface area (Å²) in [6, 6.07) is 22.9. The second-order valence-corrected chi connectivity index (χ2v) is 7.77. The number of anilines is 1. The van der Waals surface area contributed by atoms with E-state index < -0.39 is 0 Å². The van der Waals surface area contributed by atoms with Crippen molar-refractivity contribution in [3.05, 3.63) is 83.4 Å². The number of aromatic nitrogens is 3. The Morgan fingerprint density at radius 1 is 1.03 bits per heavy atom. The number of thioether (sulfide) groups is 1. The van der Waals surface area contributed by atoms with E-state index in [1.807, 2.05) is 19.1 Å². The molecule has 0 bridgehead atoms. The van der Waals surface area contributed by atoms with Crippen LogP contribution in [-0.4, -0.2) is 20.6 Å². The summed E-state index contributed by atoms with van der Waals surface area (Å²) in [5, 5.41) is 15.7. The highest BCUT2D eigenvalue weighted by Crippen LogP contribution is 2.22. The van der Waals surface area contributed by atoms with Crippen molar-refractivity contribution in [2.24, 2.45) is 5.10 Å². The van der Waals surface area contributed by atoms with Crippen molar-refractivity contribution >= 4 is 34.2 Å². The summed E-state index contributed by atoms with van der Waals surface area (Å²) in [5.41, 5.74) is 7.26. The number of benzene rings is 3. The lowest BCUT2D eigenvalue weighted by Crippen LogP contribution is -2.13. The smallest absolute Gasteiger partial charge is 0.264 e. The lowest BCUT2D eigenvalue weighted by molar-refractivity contribution is 0.846. The predicted octanol–water partition coefficient (Wildman–Crippen LogP) is 4.58. The minimum Gasteiger partial charge on any atom is -0.334 e. The van der Waals surface area contributed by atoms with Crippen LogP contribution in [0.4, 0.5) is 5.95 Å². The molecule has 0 spiro atoms. The molecule has 1 heterocycles. The lowest BCUT2D eigenvalue weighted by Gasteiger charge is -2.06. The zero-order valence-electron chi connectivity index (χ0n) is 16.3. The van der Waals surface area contributed by atoms with Gasteiger partial charge >= 0.3 is 0 Å². The molecule has 0 radical (unpaired) electrons. The van der Waals surface area contributed by atoms with Crippen LogP contribution in [0.3, 0.4) is 0 Å². The van der Waals surface area contributed by atoms with Gasteiger partial charge in [-0.3, -0.25) is 0 Å². The van der Waals surface area contributed by atoms with Gasteiger partial charge in [0.2, 0.25) is 5.16 Å². The zero-order valence-corrected chi connectivity index (χ0v) is 17.1. The van der Waals surface area contributed by atoms with Crippen molar-refractivity contribution in [1.29, 1.82) is 0 Å². The average Bonchev–Trinajstić information content (AvgIpc) is 3.09. The topological polar surface area (TPSA) is 81.1 Å². The van der Waals surface area contributed by atoms with Crippen LogP contribution in [0, 0.1) is 6.92 Å². The van der Waals surface area contributed by atoms with E-state index in [-0.39, 0.29) is 0 Å². The second-order valence-electron chi connectivity index (χ2n) is 6.82. The maximum absolute atomic E-state index is 6.14. The first-order valence-corrected chi connectivity index (χ1v) is 10.3. The van der Waals surface area contributed by atoms with E-state index in [0.29, 0.717) is 11.1 Å². The fourth-order valence-electron chi connectivity index (χ4n) is 3.01. The van der Waals surface area contributed by atoms with E-state index >= 15 is 0 Å². The molecule has 3 N–H and O–H groups in total. The van der Waals surface area contributed by atoms with Crippen LogP contribution in [0.15, 0.2) is 77.0 Å². The van der Waals surface area contributed by atoms with Gasteiger partial charge in [-0.2, -0.15) is 5.10 Å². The molecule has 29 heavy (non-hydrogen) atoms. The molecule has 0 saturated heterocycles. The summed E-state index contributed by atoms with van der Waals surface area (Å²) in [5.74, 6) is 7.31. The number of hydrazone groups is 1. The maximum Gasteiger partial charge on any atom is 0.264 e. The summed E-state index contributed by atoms with van der Waals surface area (Å²) in [4.78, 5) is 0. The fraction of sp³-hybridized carbons (Fsp3) is 0.136. The number of hydrogen-bond donors (Lipinski definition) is 2. The molecule has 0 aliphatic heterocycles. The Bertz CT molecular complexity index is 1180. The van der Waals surface area contributed by atoms with E-state index in [0.717, 1.165) is 17.0 Å². The third kappa shape index (κ3) is 4.41. The zero-order chi connectivity index (χ0) is 20.2. The summed E-state index contributed by atoms with van der Waals surface area (Å²) in [6.45, 7) is 4.03. The molecule has 0 aliphatic rings. The summed E-state index contributed by atoms with van der Waals surface area (Å²) in [7, 11) is 0. The molecule has 0 unspecified atom stereocenters. The van der Waals surface area contributed by atoms with Crippen molar-refractivity contribution < 1.29 is 0 Å². The van der Waals surface area contributed by atoms with Gasteiger partial charge in [0.25, 0.3) is 5.95 Å². The van der Waals surface area contributed by atoms with E-state index in [1.165, 1.54) is 38.3 Å². The molecular formula is C22H22N6S. The average molecular weight is 403 g/mol. The maximum atomic E-state index is 6.14. The van der Waals surface area contributed by atoms with Crippen LogP contribution in [0.2, 0.25) is 0 Å². The molecule has 1 aromatic heterocycles. The Hall–Kier alpha value is -3.32. The third-order valence-corrected chi connectivity index (χ3v) is 5.62. The minimum atomic E-state index is 0.400. The van der Waals surface area contributed by atoms with Crippen LogP contribution in [0.1, 0.15) is 23.6 Å². The Labute approximate surface area is 173 Å². The quantitative estimate of drug-likeness (QED) is 0.213. The van der Waals surface area contributed by atoms with Gasteiger partial charge in [-0.1, -0.05) is 78.0 Å². The summed E-state index contributed by atoms with van der Waals surface area (Å²) < 4.78 is 1.43. The number of rotatable bonds is 6. The fourth-order valence-corrected chi connectivity index (χ4v) is 3.81. The van der Waals surface area contributed by atoms with Gasteiger partial charge in [0.05, 0.1) is 5.71 Å². The molecule has 0 amide bonds. The number of nitrogens with zero attached hydrogens (tertiary/aromatic N) is 4. The number of hydrogen-bond acceptors (Lipinski definition) is 6. The molecule has 7 heteroatoms. The molecule has 6 nitrogen and oxygen atoms in total. The highest BCUT2D eigenvalue weighted by molar-refractivity contribution is 7.98. The molecule has 0 fully saturated rings. The first-order valence-electron chi connectivity index (χ1n) is 9.28. The van der Waals surface area contributed by atoms with Gasteiger partial charge in [0.1, 0.15) is 0 Å². The first kappa shape index (κ1) is 19.0.